The van der Waals surface area contributed by atoms with Crippen LogP contribution in [0.1, 0.15) is 46.0 Å². The minimum absolute atomic E-state index is 0.101. The van der Waals surface area contributed by atoms with Crippen LogP contribution < -0.4 is 10.6 Å². The second kappa shape index (κ2) is 7.61. The second-order valence-electron chi connectivity index (χ2n) is 6.67. The Morgan fingerprint density at radius 1 is 1.45 bits per heavy atom. The molecule has 0 unspecified atom stereocenters. The number of β-amino-alcohol motifs (C(OH)–C–C–N with tert-alkyl or cyclic N) is 1. The maximum absolute atomic E-state index is 11.9. The van der Waals surface area contributed by atoms with Gasteiger partial charge in [-0.3, -0.25) is 10.1 Å². The van der Waals surface area contributed by atoms with E-state index in [0.29, 0.717) is 12.6 Å². The summed E-state index contributed by atoms with van der Waals surface area (Å²) in [7, 11) is 0. The first kappa shape index (κ1) is 16.8. The van der Waals surface area contributed by atoms with Crippen LogP contribution in [0.15, 0.2) is 11.8 Å². The third kappa shape index (κ3) is 4.21. The van der Waals surface area contributed by atoms with E-state index in [4.69, 9.17) is 5.26 Å². The predicted molar refractivity (Wildman–Crippen MR) is 82.0 cm³/mol. The van der Waals surface area contributed by atoms with E-state index in [1.807, 2.05) is 24.8 Å². The van der Waals surface area contributed by atoms with Crippen LogP contribution in [-0.2, 0) is 4.79 Å². The van der Waals surface area contributed by atoms with Crippen LogP contribution in [-0.4, -0.2) is 40.9 Å². The first-order valence-corrected chi connectivity index (χ1v) is 8.23. The number of aliphatic hydroxyl groups excluding tert-OH is 1. The molecule has 122 valence electrons. The van der Waals surface area contributed by atoms with E-state index in [0.717, 1.165) is 12.8 Å². The Labute approximate surface area is 132 Å². The van der Waals surface area contributed by atoms with Gasteiger partial charge in [0.05, 0.1) is 18.7 Å². The molecular formula is C16H27N4O2+. The molecule has 1 amide bonds. The van der Waals surface area contributed by atoms with E-state index < -0.39 is 6.10 Å². The smallest absolute Gasteiger partial charge is 0.269 e. The van der Waals surface area contributed by atoms with E-state index in [1.54, 1.807) is 6.20 Å². The van der Waals surface area contributed by atoms with Gasteiger partial charge in [0.25, 0.3) is 5.91 Å². The Morgan fingerprint density at radius 2 is 2.14 bits per heavy atom. The lowest BCUT2D eigenvalue weighted by Gasteiger charge is -2.36. The van der Waals surface area contributed by atoms with Gasteiger partial charge in [-0.25, -0.2) is 0 Å². The average molecular weight is 307 g/mol. The van der Waals surface area contributed by atoms with Gasteiger partial charge >= 0.3 is 0 Å². The van der Waals surface area contributed by atoms with Gasteiger partial charge in [0.2, 0.25) is 6.29 Å². The van der Waals surface area contributed by atoms with Crippen LogP contribution >= 0.6 is 0 Å². The molecule has 0 aromatic carbocycles. The van der Waals surface area contributed by atoms with Gasteiger partial charge in [-0.05, 0) is 31.6 Å². The SMILES string of the molecule is CC(C)[C@@H](O)CN1C=C(C#N)C(=O)N[C@@H]1[NH2+]C1CCCCC1. The number of nitrogens with one attached hydrogen (secondary N) is 1. The van der Waals surface area contributed by atoms with Gasteiger partial charge in [-0.1, -0.05) is 20.3 Å². The Bertz CT molecular complexity index is 463. The minimum Gasteiger partial charge on any atom is -0.391 e. The topological polar surface area (TPSA) is 93.0 Å². The molecule has 0 radical (unpaired) electrons. The average Bonchev–Trinajstić information content (AvgIpc) is 2.50. The number of nitrogens with two attached hydrogens (primary N) is 1. The summed E-state index contributed by atoms with van der Waals surface area (Å²) in [6, 6.07) is 2.42. The molecule has 1 saturated carbocycles. The highest BCUT2D eigenvalue weighted by Crippen LogP contribution is 2.16. The molecule has 0 saturated heterocycles. The van der Waals surface area contributed by atoms with Gasteiger partial charge in [0.15, 0.2) is 0 Å². The van der Waals surface area contributed by atoms with Crippen molar-refractivity contribution in [1.29, 1.82) is 5.26 Å². The maximum atomic E-state index is 11.9. The van der Waals surface area contributed by atoms with Gasteiger partial charge in [0, 0.05) is 6.20 Å². The molecule has 0 aromatic heterocycles. The summed E-state index contributed by atoms with van der Waals surface area (Å²) in [6.07, 6.45) is 6.92. The fourth-order valence-electron chi connectivity index (χ4n) is 3.02. The monoisotopic (exact) mass is 307 g/mol. The summed E-state index contributed by atoms with van der Waals surface area (Å²) in [4.78, 5) is 13.8. The quantitative estimate of drug-likeness (QED) is 0.668. The fraction of sp³-hybridized carbons (Fsp3) is 0.750. The molecule has 0 bridgehead atoms. The van der Waals surface area contributed by atoms with E-state index in [2.05, 4.69) is 10.6 Å². The normalized spacial score (nSPS) is 24.7. The number of amides is 1. The number of hydrogen-bond donors (Lipinski definition) is 3. The molecule has 22 heavy (non-hydrogen) atoms. The first-order chi connectivity index (χ1) is 10.5. The highest BCUT2D eigenvalue weighted by molar-refractivity contribution is 5.97. The number of carbonyl (C=O) groups is 1. The molecule has 0 spiro atoms. The summed E-state index contributed by atoms with van der Waals surface area (Å²) in [6.45, 7) is 4.33. The molecule has 6 heteroatoms. The Balaban J connectivity index is 2.08. The van der Waals surface area contributed by atoms with Crippen LogP contribution in [0.25, 0.3) is 0 Å². The maximum Gasteiger partial charge on any atom is 0.269 e. The van der Waals surface area contributed by atoms with Crippen LogP contribution in [0, 0.1) is 17.2 Å². The van der Waals surface area contributed by atoms with E-state index in [-0.39, 0.29) is 23.7 Å². The molecule has 0 aromatic rings. The molecule has 4 N–H and O–H groups in total. The fourth-order valence-corrected chi connectivity index (χ4v) is 3.02. The minimum atomic E-state index is -0.492. The number of nitriles is 1. The third-order valence-electron chi connectivity index (χ3n) is 4.57. The van der Waals surface area contributed by atoms with E-state index in [9.17, 15) is 9.90 Å². The molecule has 6 nitrogen and oxygen atoms in total. The van der Waals surface area contributed by atoms with Crippen molar-refractivity contribution < 1.29 is 15.2 Å². The van der Waals surface area contributed by atoms with Gasteiger partial charge in [0.1, 0.15) is 11.6 Å². The number of aliphatic hydroxyl groups is 1. The Morgan fingerprint density at radius 3 is 2.73 bits per heavy atom. The zero-order chi connectivity index (χ0) is 16.1. The summed E-state index contributed by atoms with van der Waals surface area (Å²) in [5.74, 6) is -0.193. The molecule has 1 aliphatic heterocycles. The predicted octanol–water partition coefficient (Wildman–Crippen LogP) is 0.0223. The standard InChI is InChI=1S/C16H26N4O2/c1-11(2)14(21)10-20-9-12(8-17)15(22)19-16(20)18-13-6-4-3-5-7-13/h9,11,13-14,16,18,21H,3-7,10H2,1-2H3,(H,19,22)/p+1/t14-,16-/m0/s1. The zero-order valence-corrected chi connectivity index (χ0v) is 13.5. The summed E-state index contributed by atoms with van der Waals surface area (Å²) < 4.78 is 0. The van der Waals surface area contributed by atoms with Crippen LogP contribution in [0.5, 0.6) is 0 Å². The second-order valence-corrected chi connectivity index (χ2v) is 6.67. The molecule has 2 aliphatic rings. The molecule has 1 aliphatic carbocycles. The largest absolute Gasteiger partial charge is 0.391 e. The van der Waals surface area contributed by atoms with Gasteiger partial charge in [-0.2, -0.15) is 5.26 Å². The van der Waals surface area contributed by atoms with Crippen molar-refractivity contribution in [2.75, 3.05) is 6.54 Å². The summed E-state index contributed by atoms with van der Waals surface area (Å²) in [5.41, 5.74) is 0.101. The zero-order valence-electron chi connectivity index (χ0n) is 13.5. The van der Waals surface area contributed by atoms with Crippen molar-refractivity contribution in [2.45, 2.75) is 64.4 Å². The Hall–Kier alpha value is -1.58. The molecule has 2 atom stereocenters. The van der Waals surface area contributed by atoms with Gasteiger partial charge in [-0.15, -0.1) is 0 Å². The van der Waals surface area contributed by atoms with Gasteiger partial charge < -0.3 is 15.3 Å². The highest BCUT2D eigenvalue weighted by atomic mass is 16.3. The number of nitrogens with zero attached hydrogens (tertiary/aromatic N) is 2. The number of carbonyl (C=O) groups excluding carboxylic acids is 1. The first-order valence-electron chi connectivity index (χ1n) is 8.23. The van der Waals surface area contributed by atoms with Crippen molar-refractivity contribution in [1.82, 2.24) is 10.2 Å². The number of rotatable bonds is 5. The van der Waals surface area contributed by atoms with E-state index >= 15 is 0 Å². The van der Waals surface area contributed by atoms with Crippen molar-refractivity contribution in [3.8, 4) is 6.07 Å². The molecule has 2 rings (SSSR count). The van der Waals surface area contributed by atoms with Crippen molar-refractivity contribution in [3.05, 3.63) is 11.8 Å². The van der Waals surface area contributed by atoms with Crippen LogP contribution in [0.2, 0.25) is 0 Å². The third-order valence-corrected chi connectivity index (χ3v) is 4.57. The molecule has 1 fully saturated rings. The van der Waals surface area contributed by atoms with Crippen molar-refractivity contribution in [3.63, 3.8) is 0 Å². The Kier molecular flexibility index (Phi) is 5.81. The lowest BCUT2D eigenvalue weighted by Crippen LogP contribution is -3.01. The van der Waals surface area contributed by atoms with Crippen molar-refractivity contribution in [2.24, 2.45) is 5.92 Å². The highest BCUT2D eigenvalue weighted by Gasteiger charge is 2.33. The van der Waals surface area contributed by atoms with Crippen molar-refractivity contribution >= 4 is 5.91 Å². The molecule has 1 heterocycles. The summed E-state index contributed by atoms with van der Waals surface area (Å²) in [5, 5.41) is 24.3. The van der Waals surface area contributed by atoms with E-state index in [1.165, 1.54) is 19.3 Å². The lowest BCUT2D eigenvalue weighted by molar-refractivity contribution is -0.743. The summed E-state index contributed by atoms with van der Waals surface area (Å²) >= 11 is 0. The molecular weight excluding hydrogens is 280 g/mol. The van der Waals surface area contributed by atoms with Crippen LogP contribution in [0.3, 0.4) is 0 Å². The lowest BCUT2D eigenvalue weighted by atomic mass is 9.95. The number of hydrogen-bond acceptors (Lipinski definition) is 4. The number of quaternary nitrogens is 1. The van der Waals surface area contributed by atoms with Crippen LogP contribution in [0.4, 0.5) is 0 Å².